The van der Waals surface area contributed by atoms with Crippen molar-refractivity contribution in [2.24, 2.45) is 11.8 Å². The summed E-state index contributed by atoms with van der Waals surface area (Å²) < 4.78 is 5.14. The molecule has 0 heterocycles. The van der Waals surface area contributed by atoms with Gasteiger partial charge in [0.2, 0.25) is 0 Å². The van der Waals surface area contributed by atoms with Crippen molar-refractivity contribution in [1.82, 2.24) is 5.32 Å². The van der Waals surface area contributed by atoms with Crippen LogP contribution in [0.2, 0.25) is 0 Å². The Labute approximate surface area is 165 Å². The molecule has 3 atom stereocenters. The molecule has 0 aromatic heterocycles. The van der Waals surface area contributed by atoms with Crippen molar-refractivity contribution in [2.45, 2.75) is 44.0 Å². The van der Waals surface area contributed by atoms with Crippen LogP contribution >= 0.6 is 11.8 Å². The van der Waals surface area contributed by atoms with E-state index < -0.39 is 0 Å². The van der Waals surface area contributed by atoms with Crippen LogP contribution in [-0.4, -0.2) is 30.3 Å². The topological polar surface area (TPSA) is 55.4 Å². The molecule has 0 bridgehead atoms. The molecule has 27 heavy (non-hydrogen) atoms. The highest BCUT2D eigenvalue weighted by Crippen LogP contribution is 2.29. The van der Waals surface area contributed by atoms with E-state index >= 15 is 0 Å². The Morgan fingerprint density at radius 1 is 1.11 bits per heavy atom. The molecular weight excluding hydrogens is 358 g/mol. The van der Waals surface area contributed by atoms with Gasteiger partial charge in [0.1, 0.15) is 0 Å². The van der Waals surface area contributed by atoms with Crippen molar-refractivity contribution in [1.29, 1.82) is 0 Å². The lowest BCUT2D eigenvalue weighted by molar-refractivity contribution is -0.146. The van der Waals surface area contributed by atoms with Crippen LogP contribution in [0.3, 0.4) is 0 Å². The first kappa shape index (κ1) is 19.7. The minimum Gasteiger partial charge on any atom is -0.455 e. The van der Waals surface area contributed by atoms with Gasteiger partial charge in [-0.3, -0.25) is 9.59 Å². The first-order valence-electron chi connectivity index (χ1n) is 9.59. The Morgan fingerprint density at radius 3 is 2.70 bits per heavy atom. The maximum atomic E-state index is 12.1. The van der Waals surface area contributed by atoms with Crippen molar-refractivity contribution in [3.8, 4) is 0 Å². The number of carbonyl (C=O) groups excluding carboxylic acids is 2. The van der Waals surface area contributed by atoms with Gasteiger partial charge in [-0.1, -0.05) is 57.0 Å². The smallest absolute Gasteiger partial charge is 0.316 e. The molecule has 2 aromatic rings. The van der Waals surface area contributed by atoms with E-state index in [2.05, 4.69) is 37.4 Å². The molecule has 1 saturated carbocycles. The molecule has 4 nitrogen and oxygen atoms in total. The van der Waals surface area contributed by atoms with Crippen molar-refractivity contribution in [3.05, 3.63) is 42.5 Å². The number of esters is 1. The Kier molecular flexibility index (Phi) is 6.78. The van der Waals surface area contributed by atoms with E-state index in [1.54, 1.807) is 0 Å². The summed E-state index contributed by atoms with van der Waals surface area (Å²) >= 11 is 1.43. The number of nitrogens with one attached hydrogen (secondary N) is 1. The average molecular weight is 386 g/mol. The maximum Gasteiger partial charge on any atom is 0.316 e. The SMILES string of the molecule is C[C@H]1[C@H](C)CCC[C@@H]1NC(=O)COC(=O)CSc1ccc2ccccc2c1. The molecule has 0 saturated heterocycles. The monoisotopic (exact) mass is 385 g/mol. The van der Waals surface area contributed by atoms with Crippen LogP contribution in [0.15, 0.2) is 47.4 Å². The zero-order valence-corrected chi connectivity index (χ0v) is 16.8. The van der Waals surface area contributed by atoms with Gasteiger partial charge in [-0.2, -0.15) is 0 Å². The molecule has 0 spiro atoms. The zero-order chi connectivity index (χ0) is 19.2. The van der Waals surface area contributed by atoms with E-state index in [1.165, 1.54) is 23.6 Å². The summed E-state index contributed by atoms with van der Waals surface area (Å²) in [5.74, 6) is 0.702. The predicted octanol–water partition coefficient (Wildman–Crippen LogP) is 4.42. The van der Waals surface area contributed by atoms with Gasteiger partial charge in [0.15, 0.2) is 6.61 Å². The summed E-state index contributed by atoms with van der Waals surface area (Å²) in [6.45, 7) is 4.21. The molecule has 1 aliphatic rings. The average Bonchev–Trinajstić information content (AvgIpc) is 2.68. The molecule has 1 aliphatic carbocycles. The summed E-state index contributed by atoms with van der Waals surface area (Å²) in [6, 6.07) is 14.4. The van der Waals surface area contributed by atoms with Crippen LogP contribution in [0.25, 0.3) is 10.8 Å². The van der Waals surface area contributed by atoms with E-state index in [-0.39, 0.29) is 30.3 Å². The van der Waals surface area contributed by atoms with E-state index in [0.29, 0.717) is 11.8 Å². The van der Waals surface area contributed by atoms with Gasteiger partial charge < -0.3 is 10.1 Å². The minimum atomic E-state index is -0.367. The fourth-order valence-electron chi connectivity index (χ4n) is 3.62. The van der Waals surface area contributed by atoms with Crippen molar-refractivity contribution >= 4 is 34.4 Å². The predicted molar refractivity (Wildman–Crippen MR) is 110 cm³/mol. The first-order valence-corrected chi connectivity index (χ1v) is 10.6. The van der Waals surface area contributed by atoms with Crippen molar-refractivity contribution in [2.75, 3.05) is 12.4 Å². The summed E-state index contributed by atoms with van der Waals surface area (Å²) in [7, 11) is 0. The van der Waals surface area contributed by atoms with E-state index in [0.717, 1.165) is 23.1 Å². The van der Waals surface area contributed by atoms with Gasteiger partial charge in [0.05, 0.1) is 5.75 Å². The molecule has 5 heteroatoms. The lowest BCUT2D eigenvalue weighted by atomic mass is 9.78. The van der Waals surface area contributed by atoms with E-state index in [1.807, 2.05) is 24.3 Å². The Bertz CT molecular complexity index is 807. The number of amides is 1. The van der Waals surface area contributed by atoms with Gasteiger partial charge in [-0.15, -0.1) is 11.8 Å². The van der Waals surface area contributed by atoms with Crippen LogP contribution in [0, 0.1) is 11.8 Å². The molecule has 0 aliphatic heterocycles. The second-order valence-corrected chi connectivity index (χ2v) is 8.45. The Hall–Kier alpha value is -2.01. The molecule has 1 amide bonds. The van der Waals surface area contributed by atoms with E-state index in [9.17, 15) is 9.59 Å². The number of benzene rings is 2. The summed E-state index contributed by atoms with van der Waals surface area (Å²) in [5, 5.41) is 5.34. The largest absolute Gasteiger partial charge is 0.455 e. The summed E-state index contributed by atoms with van der Waals surface area (Å²) in [6.07, 6.45) is 3.36. The lowest BCUT2D eigenvalue weighted by Crippen LogP contribution is -2.45. The second-order valence-electron chi connectivity index (χ2n) is 7.40. The fraction of sp³-hybridized carbons (Fsp3) is 0.455. The highest BCUT2D eigenvalue weighted by atomic mass is 32.2. The quantitative estimate of drug-likeness (QED) is 0.591. The van der Waals surface area contributed by atoms with E-state index in [4.69, 9.17) is 4.74 Å². The minimum absolute atomic E-state index is 0.187. The number of hydrogen-bond donors (Lipinski definition) is 1. The third-order valence-corrected chi connectivity index (χ3v) is 6.46. The molecule has 0 unspecified atom stereocenters. The normalized spacial score (nSPS) is 22.4. The fourth-order valence-corrected chi connectivity index (χ4v) is 4.36. The number of thioether (sulfide) groups is 1. The maximum absolute atomic E-state index is 12.1. The van der Waals surface area contributed by atoms with Crippen LogP contribution < -0.4 is 5.32 Å². The van der Waals surface area contributed by atoms with Gasteiger partial charge >= 0.3 is 5.97 Å². The van der Waals surface area contributed by atoms with Crippen LogP contribution in [0.4, 0.5) is 0 Å². The highest BCUT2D eigenvalue weighted by Gasteiger charge is 2.28. The van der Waals surface area contributed by atoms with Crippen LogP contribution in [0.5, 0.6) is 0 Å². The van der Waals surface area contributed by atoms with Crippen molar-refractivity contribution in [3.63, 3.8) is 0 Å². The number of rotatable bonds is 6. The number of hydrogen-bond acceptors (Lipinski definition) is 4. The summed E-state index contributed by atoms with van der Waals surface area (Å²) in [4.78, 5) is 25.1. The third kappa shape index (κ3) is 5.48. The molecule has 1 N–H and O–H groups in total. The second kappa shape index (κ2) is 9.27. The van der Waals surface area contributed by atoms with Gasteiger partial charge in [0, 0.05) is 10.9 Å². The third-order valence-electron chi connectivity index (χ3n) is 5.50. The standard InChI is InChI=1S/C22H27NO3S/c1-15-6-5-9-20(16(15)2)23-21(24)13-26-22(25)14-27-19-11-10-17-7-3-4-8-18(17)12-19/h3-4,7-8,10-12,15-16,20H,5-6,9,13-14H2,1-2H3,(H,23,24)/t15-,16+,20+/m1/s1. The Morgan fingerprint density at radius 2 is 1.89 bits per heavy atom. The number of ether oxygens (including phenoxy) is 1. The van der Waals surface area contributed by atoms with Crippen LogP contribution in [-0.2, 0) is 14.3 Å². The van der Waals surface area contributed by atoms with Gasteiger partial charge in [0.25, 0.3) is 5.91 Å². The molecule has 3 rings (SSSR count). The molecule has 0 radical (unpaired) electrons. The molecule has 2 aromatic carbocycles. The molecule has 1 fully saturated rings. The molecular formula is C22H27NO3S. The Balaban J connectivity index is 1.41. The number of carbonyl (C=O) groups is 2. The lowest BCUT2D eigenvalue weighted by Gasteiger charge is -2.34. The van der Waals surface area contributed by atoms with Crippen molar-refractivity contribution < 1.29 is 14.3 Å². The summed E-state index contributed by atoms with van der Waals surface area (Å²) in [5.41, 5.74) is 0. The molecule has 144 valence electrons. The van der Waals surface area contributed by atoms with Gasteiger partial charge in [-0.25, -0.2) is 0 Å². The number of fused-ring (bicyclic) bond motifs is 1. The first-order chi connectivity index (χ1) is 13.0. The zero-order valence-electron chi connectivity index (χ0n) is 15.9. The highest BCUT2D eigenvalue weighted by molar-refractivity contribution is 8.00. The van der Waals surface area contributed by atoms with Gasteiger partial charge in [-0.05, 0) is 41.2 Å². The van der Waals surface area contributed by atoms with Crippen LogP contribution in [0.1, 0.15) is 33.1 Å².